The molecule has 1 aliphatic heterocycles. The predicted molar refractivity (Wildman–Crippen MR) is 86.8 cm³/mol. The highest BCUT2D eigenvalue weighted by atomic mass is 16.6. The number of hydrogen-bond acceptors (Lipinski definition) is 6. The quantitative estimate of drug-likeness (QED) is 0.367. The van der Waals surface area contributed by atoms with Crippen molar-refractivity contribution in [3.63, 3.8) is 0 Å². The largest absolute Gasteiger partial charge is 0.444 e. The molecule has 0 unspecified atom stereocenters. The van der Waals surface area contributed by atoms with E-state index in [-0.39, 0.29) is 11.9 Å². The van der Waals surface area contributed by atoms with E-state index < -0.39 is 5.60 Å². The number of carbonyl (C=O) groups is 1. The number of amides is 1. The smallest absolute Gasteiger partial charge is 0.410 e. The van der Waals surface area contributed by atoms with Gasteiger partial charge in [-0.15, -0.1) is 0 Å². The lowest BCUT2D eigenvalue weighted by molar-refractivity contribution is 0.0240. The van der Waals surface area contributed by atoms with Crippen LogP contribution in [0.25, 0.3) is 0 Å². The number of oxime groups is 1. The zero-order chi connectivity index (χ0) is 17.0. The fourth-order valence-electron chi connectivity index (χ4n) is 2.33. The van der Waals surface area contributed by atoms with E-state index in [2.05, 4.69) is 10.1 Å². The molecule has 1 aliphatic rings. The Morgan fingerprint density at radius 3 is 2.57 bits per heavy atom. The summed E-state index contributed by atoms with van der Waals surface area (Å²) in [5.74, 6) is 0.661. The maximum absolute atomic E-state index is 12.1. The third-order valence-corrected chi connectivity index (χ3v) is 3.40. The van der Waals surface area contributed by atoms with Gasteiger partial charge in [0.1, 0.15) is 11.4 Å². The van der Waals surface area contributed by atoms with Crippen LogP contribution in [0.5, 0.6) is 0 Å². The van der Waals surface area contributed by atoms with Gasteiger partial charge in [0, 0.05) is 32.4 Å². The number of amidine groups is 1. The molecule has 1 saturated heterocycles. The van der Waals surface area contributed by atoms with E-state index in [0.29, 0.717) is 37.6 Å². The van der Waals surface area contributed by atoms with Crippen LogP contribution >= 0.6 is 0 Å². The minimum atomic E-state index is -0.506. The first-order chi connectivity index (χ1) is 10.8. The van der Waals surface area contributed by atoms with Crippen LogP contribution in [0, 0.1) is 0 Å². The van der Waals surface area contributed by atoms with E-state index in [0.717, 1.165) is 0 Å². The summed E-state index contributed by atoms with van der Waals surface area (Å²) in [4.78, 5) is 20.1. The van der Waals surface area contributed by atoms with Crippen molar-refractivity contribution in [2.45, 2.75) is 26.4 Å². The summed E-state index contributed by atoms with van der Waals surface area (Å²) in [6.45, 7) is 7.79. The molecule has 126 valence electrons. The first kappa shape index (κ1) is 16.9. The molecule has 0 spiro atoms. The first-order valence-electron chi connectivity index (χ1n) is 7.47. The molecular weight excluding hydrogens is 298 g/mol. The van der Waals surface area contributed by atoms with Crippen molar-refractivity contribution in [1.29, 1.82) is 0 Å². The van der Waals surface area contributed by atoms with Crippen LogP contribution < -0.4 is 10.6 Å². The summed E-state index contributed by atoms with van der Waals surface area (Å²) < 4.78 is 5.38. The summed E-state index contributed by atoms with van der Waals surface area (Å²) in [7, 11) is 0. The number of carbonyl (C=O) groups excluding carboxylic acids is 1. The number of hydrogen-bond donors (Lipinski definition) is 2. The highest BCUT2D eigenvalue weighted by Crippen LogP contribution is 2.19. The third-order valence-electron chi connectivity index (χ3n) is 3.40. The molecule has 0 aromatic carbocycles. The van der Waals surface area contributed by atoms with Gasteiger partial charge in [0.15, 0.2) is 5.84 Å². The zero-order valence-corrected chi connectivity index (χ0v) is 13.7. The second-order valence-corrected chi connectivity index (χ2v) is 6.31. The minimum absolute atomic E-state index is 0.0164. The molecule has 23 heavy (non-hydrogen) atoms. The van der Waals surface area contributed by atoms with Gasteiger partial charge in [-0.2, -0.15) is 0 Å². The Bertz CT molecular complexity index is 589. The number of piperazine rings is 1. The number of rotatable bonds is 2. The van der Waals surface area contributed by atoms with E-state index in [1.165, 1.54) is 0 Å². The van der Waals surface area contributed by atoms with Gasteiger partial charge in [0.05, 0.1) is 5.56 Å². The van der Waals surface area contributed by atoms with E-state index in [9.17, 15) is 4.79 Å². The van der Waals surface area contributed by atoms with E-state index in [4.69, 9.17) is 15.7 Å². The number of pyridine rings is 1. The van der Waals surface area contributed by atoms with Gasteiger partial charge in [-0.25, -0.2) is 9.78 Å². The second-order valence-electron chi connectivity index (χ2n) is 6.31. The van der Waals surface area contributed by atoms with E-state index in [1.807, 2.05) is 25.7 Å². The maximum atomic E-state index is 12.1. The Balaban J connectivity index is 2.04. The molecule has 1 amide bonds. The molecule has 8 nitrogen and oxygen atoms in total. The molecule has 1 fully saturated rings. The summed E-state index contributed by atoms with van der Waals surface area (Å²) in [5, 5.41) is 11.9. The predicted octanol–water partition coefficient (Wildman–Crippen LogP) is 1.23. The molecule has 3 N–H and O–H groups in total. The fourth-order valence-corrected chi connectivity index (χ4v) is 2.33. The van der Waals surface area contributed by atoms with Crippen LogP contribution in [0.3, 0.4) is 0 Å². The first-order valence-corrected chi connectivity index (χ1v) is 7.47. The molecule has 0 radical (unpaired) electrons. The molecule has 8 heteroatoms. The van der Waals surface area contributed by atoms with Crippen LogP contribution in [0.15, 0.2) is 23.5 Å². The van der Waals surface area contributed by atoms with Crippen LogP contribution in [0.1, 0.15) is 26.3 Å². The summed E-state index contributed by atoms with van der Waals surface area (Å²) >= 11 is 0. The third kappa shape index (κ3) is 4.24. The van der Waals surface area contributed by atoms with Gasteiger partial charge in [0.2, 0.25) is 0 Å². The lowest BCUT2D eigenvalue weighted by Gasteiger charge is -2.36. The van der Waals surface area contributed by atoms with Crippen LogP contribution in [-0.4, -0.2) is 58.8 Å². The number of ether oxygens (including phenoxy) is 1. The Morgan fingerprint density at radius 2 is 2.00 bits per heavy atom. The molecule has 1 aromatic heterocycles. The topological polar surface area (TPSA) is 104 Å². The SMILES string of the molecule is CC(C)(C)OC(=O)N1CCN(c2ncccc2C(N)=NO)CC1. The maximum Gasteiger partial charge on any atom is 0.410 e. The monoisotopic (exact) mass is 321 g/mol. The number of nitrogens with zero attached hydrogens (tertiary/aromatic N) is 4. The lowest BCUT2D eigenvalue weighted by atomic mass is 10.2. The molecule has 0 atom stereocenters. The van der Waals surface area contributed by atoms with Crippen molar-refractivity contribution in [2.75, 3.05) is 31.1 Å². The van der Waals surface area contributed by atoms with E-state index in [1.54, 1.807) is 23.2 Å². The molecule has 2 heterocycles. The molecule has 0 bridgehead atoms. The van der Waals surface area contributed by atoms with Crippen molar-refractivity contribution in [1.82, 2.24) is 9.88 Å². The summed E-state index contributed by atoms with van der Waals surface area (Å²) in [5.41, 5.74) is 5.76. The van der Waals surface area contributed by atoms with Crippen LogP contribution in [-0.2, 0) is 4.74 Å². The highest BCUT2D eigenvalue weighted by molar-refractivity contribution is 6.01. The Labute approximate surface area is 135 Å². The Kier molecular flexibility index (Phi) is 4.92. The van der Waals surface area contributed by atoms with Crippen molar-refractivity contribution >= 4 is 17.7 Å². The van der Waals surface area contributed by atoms with Crippen molar-refractivity contribution < 1.29 is 14.7 Å². The van der Waals surface area contributed by atoms with Crippen LogP contribution in [0.4, 0.5) is 10.6 Å². The minimum Gasteiger partial charge on any atom is -0.444 e. The average molecular weight is 321 g/mol. The average Bonchev–Trinajstić information content (AvgIpc) is 2.52. The Morgan fingerprint density at radius 1 is 1.35 bits per heavy atom. The van der Waals surface area contributed by atoms with Gasteiger partial charge in [-0.3, -0.25) is 0 Å². The molecule has 1 aromatic rings. The van der Waals surface area contributed by atoms with Crippen LogP contribution in [0.2, 0.25) is 0 Å². The van der Waals surface area contributed by atoms with Gasteiger partial charge in [-0.1, -0.05) is 5.16 Å². The lowest BCUT2D eigenvalue weighted by Crippen LogP contribution is -2.50. The zero-order valence-electron chi connectivity index (χ0n) is 13.7. The fraction of sp³-hybridized carbons (Fsp3) is 0.533. The standard InChI is InChI=1S/C15H23N5O3/c1-15(2,3)23-14(21)20-9-7-19(8-10-20)13-11(12(16)18-22)5-4-6-17-13/h4-6,22H,7-10H2,1-3H3,(H2,16,18). The molecule has 2 rings (SSSR count). The van der Waals surface area contributed by atoms with Gasteiger partial charge in [-0.05, 0) is 32.9 Å². The number of aromatic nitrogens is 1. The van der Waals surface area contributed by atoms with Crippen molar-refractivity contribution in [2.24, 2.45) is 10.9 Å². The molecular formula is C15H23N5O3. The number of nitrogens with two attached hydrogens (primary N) is 1. The number of anilines is 1. The Hall–Kier alpha value is -2.51. The van der Waals surface area contributed by atoms with Crippen molar-refractivity contribution in [3.05, 3.63) is 23.9 Å². The van der Waals surface area contributed by atoms with E-state index >= 15 is 0 Å². The van der Waals surface area contributed by atoms with Gasteiger partial charge >= 0.3 is 6.09 Å². The molecule has 0 saturated carbocycles. The highest BCUT2D eigenvalue weighted by Gasteiger charge is 2.27. The molecule has 0 aliphatic carbocycles. The second kappa shape index (κ2) is 6.72. The van der Waals surface area contributed by atoms with Crippen molar-refractivity contribution in [3.8, 4) is 0 Å². The van der Waals surface area contributed by atoms with Gasteiger partial charge < -0.3 is 25.5 Å². The van der Waals surface area contributed by atoms with Gasteiger partial charge in [0.25, 0.3) is 0 Å². The summed E-state index contributed by atoms with van der Waals surface area (Å²) in [6, 6.07) is 3.48. The normalized spacial score (nSPS) is 16.4. The summed E-state index contributed by atoms with van der Waals surface area (Å²) in [6.07, 6.45) is 1.35.